The predicted octanol–water partition coefficient (Wildman–Crippen LogP) is 3.59. The Morgan fingerprint density at radius 3 is 2.85 bits per heavy atom. The zero-order chi connectivity index (χ0) is 23.5. The van der Waals surface area contributed by atoms with Crippen molar-refractivity contribution in [2.24, 2.45) is 11.3 Å². The number of hydrogen-bond acceptors (Lipinski definition) is 5. The van der Waals surface area contributed by atoms with Gasteiger partial charge in [0.2, 0.25) is 0 Å². The highest BCUT2D eigenvalue weighted by Crippen LogP contribution is 2.67. The van der Waals surface area contributed by atoms with Crippen molar-refractivity contribution in [3.05, 3.63) is 59.3 Å². The number of nitrogens with one attached hydrogen (secondary N) is 1. The van der Waals surface area contributed by atoms with E-state index in [0.717, 1.165) is 48.6 Å². The maximum Gasteiger partial charge on any atom is 0.105 e. The summed E-state index contributed by atoms with van der Waals surface area (Å²) in [6.07, 6.45) is 11.7. The molecule has 6 nitrogen and oxygen atoms in total. The van der Waals surface area contributed by atoms with Crippen LogP contribution < -0.4 is 0 Å². The van der Waals surface area contributed by atoms with E-state index in [0.29, 0.717) is 5.92 Å². The van der Waals surface area contributed by atoms with Crippen molar-refractivity contribution in [3.63, 3.8) is 0 Å². The van der Waals surface area contributed by atoms with Crippen molar-refractivity contribution in [2.75, 3.05) is 14.1 Å². The van der Waals surface area contributed by atoms with Gasteiger partial charge in [-0.1, -0.05) is 37.3 Å². The lowest BCUT2D eigenvalue weighted by molar-refractivity contribution is -0.161. The Morgan fingerprint density at radius 1 is 1.18 bits per heavy atom. The first-order chi connectivity index (χ1) is 16.3. The van der Waals surface area contributed by atoms with E-state index in [-0.39, 0.29) is 17.1 Å². The lowest BCUT2D eigenvalue weighted by Gasteiger charge is -2.55. The maximum atomic E-state index is 11.1. The number of nitrogens with zero attached hydrogens (tertiary/aromatic N) is 2. The van der Waals surface area contributed by atoms with Crippen LogP contribution in [0.2, 0.25) is 0 Å². The quantitative estimate of drug-likeness (QED) is 0.640. The number of fused-ring (bicyclic) bond motifs is 2. The van der Waals surface area contributed by atoms with Crippen molar-refractivity contribution in [1.29, 1.82) is 0 Å². The minimum Gasteiger partial charge on any atom is -0.388 e. The third-order valence-electron chi connectivity index (χ3n) is 9.85. The van der Waals surface area contributed by atoms with Gasteiger partial charge in [-0.3, -0.25) is 5.10 Å². The highest BCUT2D eigenvalue weighted by molar-refractivity contribution is 5.85. The SMILES string of the molecule is CN(C)[C@H]1C[C@@]23CC[C@@]4(O2)C(=CC[C@]2(C)C(c5ccc6cn[nH]c6c5)=CCC24)C=C3[C@@H](O)[C@@H]1O. The number of ether oxygens (including phenoxy) is 1. The molecular weight excluding hydrogens is 426 g/mol. The summed E-state index contributed by atoms with van der Waals surface area (Å²) in [7, 11) is 3.96. The van der Waals surface area contributed by atoms with E-state index in [1.54, 1.807) is 0 Å². The molecule has 2 aromatic rings. The number of allylic oxidation sites excluding steroid dienone is 3. The van der Waals surface area contributed by atoms with Crippen LogP contribution in [0.5, 0.6) is 0 Å². The number of likely N-dealkylation sites (N-methyl/N-ethyl adjacent to an activating group) is 1. The van der Waals surface area contributed by atoms with Crippen LogP contribution in [0.25, 0.3) is 16.5 Å². The fraction of sp³-hybridized carbons (Fsp3) is 0.536. The lowest BCUT2D eigenvalue weighted by atomic mass is 9.58. The first-order valence-electron chi connectivity index (χ1n) is 12.6. The largest absolute Gasteiger partial charge is 0.388 e. The zero-order valence-corrected chi connectivity index (χ0v) is 20.1. The molecule has 0 radical (unpaired) electrons. The van der Waals surface area contributed by atoms with Gasteiger partial charge in [0.05, 0.1) is 29.0 Å². The summed E-state index contributed by atoms with van der Waals surface area (Å²) < 4.78 is 7.22. The van der Waals surface area contributed by atoms with Gasteiger partial charge in [0.15, 0.2) is 0 Å². The molecule has 178 valence electrons. The van der Waals surface area contributed by atoms with Gasteiger partial charge in [0.25, 0.3) is 0 Å². The van der Waals surface area contributed by atoms with Gasteiger partial charge in [-0.05, 0) is 74.5 Å². The van der Waals surface area contributed by atoms with Gasteiger partial charge in [-0.15, -0.1) is 0 Å². The van der Waals surface area contributed by atoms with Crippen LogP contribution in [0.4, 0.5) is 0 Å². The summed E-state index contributed by atoms with van der Waals surface area (Å²) in [6, 6.07) is 6.49. The second-order valence-electron chi connectivity index (χ2n) is 11.6. The number of rotatable bonds is 2. The van der Waals surface area contributed by atoms with Crippen LogP contribution in [0.15, 0.2) is 53.8 Å². The topological polar surface area (TPSA) is 81.6 Å². The smallest absolute Gasteiger partial charge is 0.105 e. The van der Waals surface area contributed by atoms with Gasteiger partial charge < -0.3 is 19.8 Å². The minimum atomic E-state index is -0.884. The van der Waals surface area contributed by atoms with E-state index in [1.165, 1.54) is 16.7 Å². The van der Waals surface area contributed by atoms with Crippen molar-refractivity contribution in [2.45, 2.75) is 68.5 Å². The summed E-state index contributed by atoms with van der Waals surface area (Å²) in [5.41, 5.74) is 5.01. The molecule has 7 atom stereocenters. The second kappa shape index (κ2) is 6.70. The Bertz CT molecular complexity index is 1290. The summed E-state index contributed by atoms with van der Waals surface area (Å²) in [5.74, 6) is 0.353. The van der Waals surface area contributed by atoms with E-state index in [1.807, 2.05) is 25.2 Å². The molecule has 3 aliphatic carbocycles. The number of benzene rings is 1. The monoisotopic (exact) mass is 459 g/mol. The van der Waals surface area contributed by atoms with Crippen LogP contribution >= 0.6 is 0 Å². The Hall–Kier alpha value is -2.25. The highest BCUT2D eigenvalue weighted by Gasteiger charge is 2.67. The van der Waals surface area contributed by atoms with Crippen molar-refractivity contribution in [1.82, 2.24) is 15.1 Å². The molecule has 7 rings (SSSR count). The van der Waals surface area contributed by atoms with Gasteiger partial charge in [-0.2, -0.15) is 5.10 Å². The van der Waals surface area contributed by atoms with Gasteiger partial charge in [-0.25, -0.2) is 0 Å². The first-order valence-corrected chi connectivity index (χ1v) is 12.6. The van der Waals surface area contributed by atoms with E-state index in [2.05, 4.69) is 53.5 Å². The molecule has 2 spiro atoms. The highest BCUT2D eigenvalue weighted by atomic mass is 16.5. The average molecular weight is 460 g/mol. The Labute approximate surface area is 200 Å². The van der Waals surface area contributed by atoms with Gasteiger partial charge in [0, 0.05) is 22.8 Å². The number of aromatic nitrogens is 2. The molecule has 1 aromatic heterocycles. The number of aromatic amines is 1. The third-order valence-corrected chi connectivity index (χ3v) is 9.85. The van der Waals surface area contributed by atoms with Crippen molar-refractivity contribution < 1.29 is 14.9 Å². The lowest BCUT2D eigenvalue weighted by Crippen LogP contribution is -2.61. The zero-order valence-electron chi connectivity index (χ0n) is 20.1. The molecule has 1 unspecified atom stereocenters. The Kier molecular flexibility index (Phi) is 4.15. The fourth-order valence-electron chi connectivity index (χ4n) is 8.05. The van der Waals surface area contributed by atoms with Crippen LogP contribution in [-0.4, -0.2) is 68.9 Å². The van der Waals surface area contributed by atoms with Crippen molar-refractivity contribution in [3.8, 4) is 0 Å². The van der Waals surface area contributed by atoms with E-state index in [4.69, 9.17) is 4.74 Å². The Morgan fingerprint density at radius 2 is 2.03 bits per heavy atom. The molecule has 1 saturated carbocycles. The molecule has 3 heterocycles. The number of aliphatic hydroxyl groups is 2. The number of H-pyrrole nitrogens is 1. The molecule has 2 bridgehead atoms. The van der Waals surface area contributed by atoms with Crippen LogP contribution in [-0.2, 0) is 4.74 Å². The second-order valence-corrected chi connectivity index (χ2v) is 11.6. The van der Waals surface area contributed by atoms with E-state index in [9.17, 15) is 10.2 Å². The van der Waals surface area contributed by atoms with Gasteiger partial charge >= 0.3 is 0 Å². The molecular formula is C28H33N3O3. The van der Waals surface area contributed by atoms with E-state index < -0.39 is 17.8 Å². The first kappa shape index (κ1) is 21.1. The van der Waals surface area contributed by atoms with Crippen molar-refractivity contribution >= 4 is 16.5 Å². The standard InChI is InChI=1S/C28H33N3O3/c1-26-9-8-18-13-20-24(32)25(33)22(31(2)3)14-27(20)10-11-28(18,34-27)23(26)7-6-19(26)16-4-5-17-15-29-30-21(17)12-16/h4-6,8,12-13,15,22-25,32-33H,7,9-11,14H2,1-3H3,(H,29,30)/t22-,23?,24+,25+,26+,27+,28+/m0/s1. The number of hydrogen-bond donors (Lipinski definition) is 3. The molecule has 34 heavy (non-hydrogen) atoms. The summed E-state index contributed by atoms with van der Waals surface area (Å²) in [5, 5.41) is 30.4. The van der Waals surface area contributed by atoms with Crippen LogP contribution in [0.3, 0.4) is 0 Å². The third kappa shape index (κ3) is 2.47. The molecule has 5 aliphatic rings. The van der Waals surface area contributed by atoms with Gasteiger partial charge in [0.1, 0.15) is 6.10 Å². The summed E-state index contributed by atoms with van der Waals surface area (Å²) in [6.45, 7) is 2.41. The molecule has 1 saturated heterocycles. The Balaban J connectivity index is 1.30. The average Bonchev–Trinajstić information content (AvgIpc) is 3.50. The molecule has 3 N–H and O–H groups in total. The predicted molar refractivity (Wildman–Crippen MR) is 131 cm³/mol. The number of aliphatic hydroxyl groups excluding tert-OH is 2. The van der Waals surface area contributed by atoms with Crippen LogP contribution in [0, 0.1) is 11.3 Å². The summed E-state index contributed by atoms with van der Waals surface area (Å²) in [4.78, 5) is 2.03. The fourth-order valence-corrected chi connectivity index (χ4v) is 8.05. The minimum absolute atomic E-state index is 0.0121. The normalized spacial score (nSPS) is 42.7. The molecule has 0 amide bonds. The molecule has 1 aromatic carbocycles. The van der Waals surface area contributed by atoms with E-state index >= 15 is 0 Å². The molecule has 6 heteroatoms. The molecule has 2 aliphatic heterocycles. The van der Waals surface area contributed by atoms with Crippen LogP contribution in [0.1, 0.15) is 44.6 Å². The molecule has 2 fully saturated rings. The maximum absolute atomic E-state index is 11.1. The summed E-state index contributed by atoms with van der Waals surface area (Å²) >= 11 is 0.